The summed E-state index contributed by atoms with van der Waals surface area (Å²) in [5, 5.41) is 14.7. The molecule has 18 heavy (non-hydrogen) atoms. The Labute approximate surface area is 131 Å². The van der Waals surface area contributed by atoms with Crippen molar-refractivity contribution in [3.05, 3.63) is 36.1 Å². The van der Waals surface area contributed by atoms with E-state index >= 15 is 0 Å². The Hall–Kier alpha value is 0.120. The van der Waals surface area contributed by atoms with Gasteiger partial charge >= 0.3 is 0 Å². The minimum absolute atomic E-state index is 0.640. The second-order valence-corrected chi connectivity index (χ2v) is 7.17. The lowest BCUT2D eigenvalue weighted by Crippen LogP contribution is -2.09. The molecule has 0 aromatic carbocycles. The van der Waals surface area contributed by atoms with Gasteiger partial charge in [0.05, 0.1) is 16.4 Å². The molecule has 2 rings (SSSR count). The SMILES string of the molecule is CCCn1ncc(Br)c1C(O)c1cc(Br)c(Cl)s1. The van der Waals surface area contributed by atoms with Crippen molar-refractivity contribution in [3.63, 3.8) is 0 Å². The fourth-order valence-electron chi connectivity index (χ4n) is 1.67. The predicted molar refractivity (Wildman–Crippen MR) is 81.3 cm³/mol. The van der Waals surface area contributed by atoms with Gasteiger partial charge in [-0.2, -0.15) is 5.10 Å². The van der Waals surface area contributed by atoms with Crippen molar-refractivity contribution >= 4 is 54.8 Å². The molecule has 0 aliphatic rings. The van der Waals surface area contributed by atoms with E-state index in [1.54, 1.807) is 6.20 Å². The lowest BCUT2D eigenvalue weighted by Gasteiger charge is -2.12. The van der Waals surface area contributed by atoms with E-state index in [1.165, 1.54) is 11.3 Å². The standard InChI is InChI=1S/C11H11Br2ClN2OS/c1-2-3-16-9(7(13)5-15-16)10(17)8-4-6(12)11(14)18-8/h4-5,10,17H,2-3H2,1H3. The first-order chi connectivity index (χ1) is 8.54. The van der Waals surface area contributed by atoms with Crippen molar-refractivity contribution in [1.29, 1.82) is 0 Å². The quantitative estimate of drug-likeness (QED) is 0.793. The third-order valence-electron chi connectivity index (χ3n) is 2.46. The van der Waals surface area contributed by atoms with Gasteiger partial charge in [-0.1, -0.05) is 18.5 Å². The Morgan fingerprint density at radius 3 is 2.78 bits per heavy atom. The zero-order chi connectivity index (χ0) is 13.3. The molecule has 0 bridgehead atoms. The highest BCUT2D eigenvalue weighted by molar-refractivity contribution is 9.10. The summed E-state index contributed by atoms with van der Waals surface area (Å²) in [6.45, 7) is 2.85. The van der Waals surface area contributed by atoms with Crippen molar-refractivity contribution in [2.45, 2.75) is 26.0 Å². The first-order valence-corrected chi connectivity index (χ1v) is 8.16. The fourth-order valence-corrected chi connectivity index (χ4v) is 3.91. The number of aromatic nitrogens is 2. The molecule has 7 heteroatoms. The van der Waals surface area contributed by atoms with E-state index in [0.29, 0.717) is 4.34 Å². The van der Waals surface area contributed by atoms with Gasteiger partial charge in [0.15, 0.2) is 0 Å². The van der Waals surface area contributed by atoms with Crippen molar-refractivity contribution in [2.75, 3.05) is 0 Å². The molecule has 0 fully saturated rings. The van der Waals surface area contributed by atoms with E-state index in [-0.39, 0.29) is 0 Å². The van der Waals surface area contributed by atoms with Gasteiger partial charge in [0.2, 0.25) is 0 Å². The normalized spacial score (nSPS) is 12.9. The summed E-state index contributed by atoms with van der Waals surface area (Å²) in [6.07, 6.45) is 1.95. The van der Waals surface area contributed by atoms with Crippen molar-refractivity contribution in [2.24, 2.45) is 0 Å². The van der Waals surface area contributed by atoms with Gasteiger partial charge in [-0.3, -0.25) is 4.68 Å². The molecule has 2 aromatic rings. The van der Waals surface area contributed by atoms with Crippen LogP contribution in [0.2, 0.25) is 4.34 Å². The van der Waals surface area contributed by atoms with Crippen LogP contribution >= 0.6 is 54.8 Å². The smallest absolute Gasteiger partial charge is 0.131 e. The summed E-state index contributed by atoms with van der Waals surface area (Å²) >= 11 is 14.1. The maximum absolute atomic E-state index is 10.4. The van der Waals surface area contributed by atoms with E-state index in [1.807, 2.05) is 10.7 Å². The number of nitrogens with zero attached hydrogens (tertiary/aromatic N) is 2. The van der Waals surface area contributed by atoms with E-state index in [0.717, 1.165) is 32.5 Å². The van der Waals surface area contributed by atoms with Crippen LogP contribution in [0.3, 0.4) is 0 Å². The zero-order valence-corrected chi connectivity index (χ0v) is 14.3. The largest absolute Gasteiger partial charge is 0.381 e. The average molecular weight is 415 g/mol. The van der Waals surface area contributed by atoms with Crippen LogP contribution in [0.4, 0.5) is 0 Å². The summed E-state index contributed by atoms with van der Waals surface area (Å²) < 4.78 is 4.07. The van der Waals surface area contributed by atoms with Crippen LogP contribution in [0.15, 0.2) is 21.2 Å². The monoisotopic (exact) mass is 412 g/mol. The molecule has 0 radical (unpaired) electrons. The van der Waals surface area contributed by atoms with Crippen LogP contribution < -0.4 is 0 Å². The molecule has 1 atom stereocenters. The van der Waals surface area contributed by atoms with Crippen LogP contribution in [-0.4, -0.2) is 14.9 Å². The van der Waals surface area contributed by atoms with Gasteiger partial charge in [0, 0.05) is 15.9 Å². The number of hydrogen-bond acceptors (Lipinski definition) is 3. The molecule has 0 aliphatic carbocycles. The summed E-state index contributed by atoms with van der Waals surface area (Å²) in [5.74, 6) is 0. The maximum atomic E-state index is 10.4. The highest BCUT2D eigenvalue weighted by Crippen LogP contribution is 2.38. The lowest BCUT2D eigenvalue weighted by molar-refractivity contribution is 0.210. The molecule has 1 unspecified atom stereocenters. The number of aliphatic hydroxyl groups is 1. The molecule has 0 saturated heterocycles. The third kappa shape index (κ3) is 2.82. The summed E-state index contributed by atoms with van der Waals surface area (Å²) in [4.78, 5) is 0.797. The number of halogens is 3. The summed E-state index contributed by atoms with van der Waals surface area (Å²) in [5.41, 5.74) is 0.766. The average Bonchev–Trinajstić information content (AvgIpc) is 2.84. The fraction of sp³-hybridized carbons (Fsp3) is 0.364. The van der Waals surface area contributed by atoms with Gasteiger partial charge < -0.3 is 5.11 Å². The molecule has 0 saturated carbocycles. The van der Waals surface area contributed by atoms with Crippen molar-refractivity contribution < 1.29 is 5.11 Å². The van der Waals surface area contributed by atoms with E-state index in [2.05, 4.69) is 43.9 Å². The first kappa shape index (κ1) is 14.5. The van der Waals surface area contributed by atoms with Gasteiger partial charge in [-0.15, -0.1) is 11.3 Å². The molecule has 2 aromatic heterocycles. The molecular formula is C11H11Br2ClN2OS. The molecule has 2 heterocycles. The van der Waals surface area contributed by atoms with E-state index < -0.39 is 6.10 Å². The second-order valence-electron chi connectivity index (χ2n) is 3.77. The molecule has 3 nitrogen and oxygen atoms in total. The van der Waals surface area contributed by atoms with Crippen LogP contribution in [0.1, 0.15) is 30.0 Å². The topological polar surface area (TPSA) is 38.0 Å². The number of thiophene rings is 1. The Balaban J connectivity index is 2.38. The summed E-state index contributed by atoms with van der Waals surface area (Å²) in [6, 6.07) is 1.84. The Kier molecular flexibility index (Phi) is 4.88. The van der Waals surface area contributed by atoms with Crippen LogP contribution in [0, 0.1) is 0 Å². The van der Waals surface area contributed by atoms with Crippen LogP contribution in [-0.2, 0) is 6.54 Å². The number of hydrogen-bond donors (Lipinski definition) is 1. The molecule has 0 spiro atoms. The van der Waals surface area contributed by atoms with Crippen LogP contribution in [0.25, 0.3) is 0 Å². The minimum Gasteiger partial charge on any atom is -0.381 e. The van der Waals surface area contributed by atoms with Crippen molar-refractivity contribution in [1.82, 2.24) is 9.78 Å². The van der Waals surface area contributed by atoms with Gasteiger partial charge in [0.1, 0.15) is 10.4 Å². The number of aliphatic hydroxyl groups excluding tert-OH is 1. The molecule has 98 valence electrons. The van der Waals surface area contributed by atoms with Gasteiger partial charge in [0.25, 0.3) is 0 Å². The highest BCUT2D eigenvalue weighted by atomic mass is 79.9. The zero-order valence-electron chi connectivity index (χ0n) is 9.53. The molecule has 0 amide bonds. The van der Waals surface area contributed by atoms with E-state index in [4.69, 9.17) is 11.6 Å². The number of aryl methyl sites for hydroxylation is 1. The molecule has 0 aliphatic heterocycles. The Morgan fingerprint density at radius 2 is 2.22 bits per heavy atom. The predicted octanol–water partition coefficient (Wildman–Crippen LogP) is 4.61. The Morgan fingerprint density at radius 1 is 1.50 bits per heavy atom. The van der Waals surface area contributed by atoms with Gasteiger partial charge in [-0.25, -0.2) is 0 Å². The highest BCUT2D eigenvalue weighted by Gasteiger charge is 2.22. The molecular weight excluding hydrogens is 403 g/mol. The van der Waals surface area contributed by atoms with Crippen LogP contribution in [0.5, 0.6) is 0 Å². The minimum atomic E-state index is -0.720. The van der Waals surface area contributed by atoms with Gasteiger partial charge in [-0.05, 0) is 44.3 Å². The second kappa shape index (κ2) is 6.05. The van der Waals surface area contributed by atoms with Crippen molar-refractivity contribution in [3.8, 4) is 0 Å². The Bertz CT molecular complexity index is 536. The van der Waals surface area contributed by atoms with E-state index in [9.17, 15) is 5.11 Å². The third-order valence-corrected chi connectivity index (χ3v) is 5.60. The number of rotatable bonds is 4. The molecule has 1 N–H and O–H groups in total. The maximum Gasteiger partial charge on any atom is 0.131 e. The lowest BCUT2D eigenvalue weighted by atomic mass is 10.2. The summed E-state index contributed by atoms with van der Waals surface area (Å²) in [7, 11) is 0. The first-order valence-electron chi connectivity index (χ1n) is 5.38.